The second-order valence-electron chi connectivity index (χ2n) is 5.96. The van der Waals surface area contributed by atoms with E-state index in [0.29, 0.717) is 24.0 Å². The number of nitrogens with zero attached hydrogens (tertiary/aromatic N) is 3. The maximum absolute atomic E-state index is 12.2. The number of allylic oxidation sites excluding steroid dienone is 3. The Labute approximate surface area is 149 Å². The predicted molar refractivity (Wildman–Crippen MR) is 97.4 cm³/mol. The molecule has 134 valence electrons. The number of rotatable bonds is 8. The Hall–Kier alpha value is -1.44. The second kappa shape index (κ2) is 9.15. The molecule has 2 aliphatic rings. The van der Waals surface area contributed by atoms with Crippen LogP contribution in [0.3, 0.4) is 0 Å². The summed E-state index contributed by atoms with van der Waals surface area (Å²) in [6.45, 7) is 4.07. The molecule has 2 aliphatic heterocycles. The van der Waals surface area contributed by atoms with Crippen LogP contribution in [0.1, 0.15) is 19.3 Å². The number of ether oxygens (including phenoxy) is 2. The highest BCUT2D eigenvalue weighted by atomic mass is 32.1. The third-order valence-electron chi connectivity index (χ3n) is 4.31. The quantitative estimate of drug-likeness (QED) is 0.375. The van der Waals surface area contributed by atoms with E-state index in [-0.39, 0.29) is 5.91 Å². The van der Waals surface area contributed by atoms with Gasteiger partial charge in [-0.1, -0.05) is 0 Å². The molecule has 24 heavy (non-hydrogen) atoms. The van der Waals surface area contributed by atoms with Gasteiger partial charge in [0.15, 0.2) is 5.11 Å². The van der Waals surface area contributed by atoms with Crippen LogP contribution in [-0.2, 0) is 14.3 Å². The molecular formula is C17H27N3O3S. The number of hydrogen-bond acceptors (Lipinski definition) is 5. The standard InChI is InChI=1S/C17H27N3O3S/c1-18-15(16(21)19(2)17(18)24)8-7-14-6-4-9-20(14)10-5-11-23-13-12-22-3/h7-8H,4-6,9-13H2,1-3H3/b14-7+,15-8+. The van der Waals surface area contributed by atoms with Crippen molar-refractivity contribution in [3.63, 3.8) is 0 Å². The molecule has 6 nitrogen and oxygen atoms in total. The minimum atomic E-state index is -0.0459. The number of carbonyl (C=O) groups excluding carboxylic acids is 1. The summed E-state index contributed by atoms with van der Waals surface area (Å²) in [6, 6.07) is 0. The summed E-state index contributed by atoms with van der Waals surface area (Å²) >= 11 is 5.23. The van der Waals surface area contributed by atoms with Crippen molar-refractivity contribution < 1.29 is 14.3 Å². The zero-order valence-corrected chi connectivity index (χ0v) is 15.6. The lowest BCUT2D eigenvalue weighted by atomic mass is 10.2. The highest BCUT2D eigenvalue weighted by Gasteiger charge is 2.32. The number of hydrogen-bond donors (Lipinski definition) is 0. The largest absolute Gasteiger partial charge is 0.382 e. The molecule has 0 aromatic heterocycles. The summed E-state index contributed by atoms with van der Waals surface area (Å²) < 4.78 is 10.5. The minimum absolute atomic E-state index is 0.0459. The normalized spacial score (nSPS) is 21.9. The van der Waals surface area contributed by atoms with Gasteiger partial charge < -0.3 is 19.3 Å². The van der Waals surface area contributed by atoms with Gasteiger partial charge in [-0.3, -0.25) is 9.69 Å². The molecule has 7 heteroatoms. The van der Waals surface area contributed by atoms with Crippen molar-refractivity contribution in [3.05, 3.63) is 23.5 Å². The van der Waals surface area contributed by atoms with E-state index >= 15 is 0 Å². The van der Waals surface area contributed by atoms with E-state index in [1.165, 1.54) is 10.6 Å². The summed E-state index contributed by atoms with van der Waals surface area (Å²) in [5, 5.41) is 0.543. The van der Waals surface area contributed by atoms with Crippen LogP contribution in [0.5, 0.6) is 0 Å². The Kier molecular flexibility index (Phi) is 7.20. The molecule has 2 fully saturated rings. The van der Waals surface area contributed by atoms with Gasteiger partial charge in [-0.25, -0.2) is 0 Å². The molecule has 1 amide bonds. The van der Waals surface area contributed by atoms with Gasteiger partial charge in [0.05, 0.1) is 13.2 Å². The van der Waals surface area contributed by atoms with E-state index in [1.807, 2.05) is 13.1 Å². The smallest absolute Gasteiger partial charge is 0.276 e. The van der Waals surface area contributed by atoms with Crippen LogP contribution in [0.25, 0.3) is 0 Å². The third-order valence-corrected chi connectivity index (χ3v) is 4.86. The van der Waals surface area contributed by atoms with Crippen LogP contribution < -0.4 is 0 Å². The van der Waals surface area contributed by atoms with Gasteiger partial charge in [0.25, 0.3) is 5.91 Å². The molecule has 0 aliphatic carbocycles. The molecule has 0 bridgehead atoms. The number of thiocarbonyl (C=S) groups is 1. The molecule has 2 heterocycles. The van der Waals surface area contributed by atoms with E-state index in [4.69, 9.17) is 21.7 Å². The van der Waals surface area contributed by atoms with E-state index in [2.05, 4.69) is 11.0 Å². The van der Waals surface area contributed by atoms with E-state index in [0.717, 1.165) is 39.0 Å². The van der Waals surface area contributed by atoms with Crippen molar-refractivity contribution in [2.75, 3.05) is 54.1 Å². The Morgan fingerprint density at radius 2 is 1.96 bits per heavy atom. The van der Waals surface area contributed by atoms with Crippen LogP contribution in [0.4, 0.5) is 0 Å². The van der Waals surface area contributed by atoms with E-state index in [1.54, 1.807) is 19.1 Å². The second-order valence-corrected chi connectivity index (χ2v) is 6.33. The Morgan fingerprint density at radius 1 is 1.17 bits per heavy atom. The monoisotopic (exact) mass is 353 g/mol. The minimum Gasteiger partial charge on any atom is -0.382 e. The fourth-order valence-electron chi connectivity index (χ4n) is 2.89. The highest BCUT2D eigenvalue weighted by molar-refractivity contribution is 7.80. The Morgan fingerprint density at radius 3 is 2.62 bits per heavy atom. The molecule has 0 radical (unpaired) electrons. The first kappa shape index (κ1) is 18.9. The number of likely N-dealkylation sites (tertiary alicyclic amines) is 1. The SMILES string of the molecule is COCCOCCCN1CCC/C1=C\C=C1/C(=O)N(C)C(=S)N1C. The first-order valence-corrected chi connectivity index (χ1v) is 8.75. The molecule has 2 saturated heterocycles. The predicted octanol–water partition coefficient (Wildman–Crippen LogP) is 1.59. The van der Waals surface area contributed by atoms with Gasteiger partial charge in [0.2, 0.25) is 0 Å². The fourth-order valence-corrected chi connectivity index (χ4v) is 3.07. The fraction of sp³-hybridized carbons (Fsp3) is 0.647. The first-order valence-electron chi connectivity index (χ1n) is 8.34. The molecule has 0 aromatic rings. The number of methoxy groups -OCH3 is 1. The molecule has 2 rings (SSSR count). The van der Waals surface area contributed by atoms with E-state index in [9.17, 15) is 4.79 Å². The van der Waals surface area contributed by atoms with Gasteiger partial charge in [-0.2, -0.15) is 0 Å². The summed E-state index contributed by atoms with van der Waals surface area (Å²) in [4.78, 5) is 17.8. The number of carbonyl (C=O) groups is 1. The lowest BCUT2D eigenvalue weighted by Crippen LogP contribution is -2.26. The van der Waals surface area contributed by atoms with Crippen LogP contribution in [0.15, 0.2) is 23.5 Å². The van der Waals surface area contributed by atoms with Crippen LogP contribution in [0.2, 0.25) is 0 Å². The van der Waals surface area contributed by atoms with Crippen molar-refractivity contribution >= 4 is 23.2 Å². The van der Waals surface area contributed by atoms with Crippen molar-refractivity contribution in [1.29, 1.82) is 0 Å². The van der Waals surface area contributed by atoms with Gasteiger partial charge in [-0.05, 0) is 43.6 Å². The van der Waals surface area contributed by atoms with Crippen molar-refractivity contribution in [3.8, 4) is 0 Å². The summed E-state index contributed by atoms with van der Waals surface area (Å²) in [7, 11) is 5.22. The first-order chi connectivity index (χ1) is 11.6. The summed E-state index contributed by atoms with van der Waals surface area (Å²) in [5.41, 5.74) is 1.91. The molecule has 0 saturated carbocycles. The molecule has 0 unspecified atom stereocenters. The maximum Gasteiger partial charge on any atom is 0.276 e. The van der Waals surface area contributed by atoms with Crippen LogP contribution in [-0.4, -0.2) is 79.8 Å². The van der Waals surface area contributed by atoms with Crippen molar-refractivity contribution in [2.45, 2.75) is 19.3 Å². The Balaban J connectivity index is 1.88. The molecule has 0 spiro atoms. The van der Waals surface area contributed by atoms with Crippen LogP contribution >= 0.6 is 12.2 Å². The average molecular weight is 353 g/mol. The Bertz CT molecular complexity index is 533. The molecule has 0 N–H and O–H groups in total. The third kappa shape index (κ3) is 4.55. The average Bonchev–Trinajstić information content (AvgIpc) is 3.09. The van der Waals surface area contributed by atoms with Gasteiger partial charge in [-0.15, -0.1) is 0 Å². The van der Waals surface area contributed by atoms with Gasteiger partial charge in [0.1, 0.15) is 5.70 Å². The number of amides is 1. The van der Waals surface area contributed by atoms with Crippen molar-refractivity contribution in [1.82, 2.24) is 14.7 Å². The van der Waals surface area contributed by atoms with E-state index < -0.39 is 0 Å². The topological polar surface area (TPSA) is 45.3 Å². The molecule has 0 atom stereocenters. The number of likely N-dealkylation sites (N-methyl/N-ethyl adjacent to an activating group) is 2. The zero-order chi connectivity index (χ0) is 17.5. The van der Waals surface area contributed by atoms with Crippen molar-refractivity contribution in [2.24, 2.45) is 0 Å². The highest BCUT2D eigenvalue weighted by Crippen LogP contribution is 2.23. The summed E-state index contributed by atoms with van der Waals surface area (Å²) in [5.74, 6) is -0.0459. The lowest BCUT2D eigenvalue weighted by Gasteiger charge is -2.19. The molecule has 0 aromatic carbocycles. The van der Waals surface area contributed by atoms with Gasteiger partial charge >= 0.3 is 0 Å². The van der Waals surface area contributed by atoms with Crippen LogP contribution in [0, 0.1) is 0 Å². The molecular weight excluding hydrogens is 326 g/mol. The zero-order valence-electron chi connectivity index (χ0n) is 14.8. The summed E-state index contributed by atoms with van der Waals surface area (Å²) in [6.07, 6.45) is 7.14. The maximum atomic E-state index is 12.2. The van der Waals surface area contributed by atoms with Gasteiger partial charge in [0, 0.05) is 46.6 Å². The lowest BCUT2D eigenvalue weighted by molar-refractivity contribution is -0.121.